The van der Waals surface area contributed by atoms with Gasteiger partial charge in [-0.1, -0.05) is 65.7 Å². The number of nitrogens with zero attached hydrogens (tertiary/aromatic N) is 1. The van der Waals surface area contributed by atoms with Crippen LogP contribution >= 0.6 is 0 Å². The topological polar surface area (TPSA) is 90.5 Å². The molecule has 6 heteroatoms. The van der Waals surface area contributed by atoms with Crippen molar-refractivity contribution < 1.29 is 19.5 Å². The Bertz CT molecular complexity index is 1420. The van der Waals surface area contributed by atoms with Gasteiger partial charge in [0.05, 0.1) is 0 Å². The minimum Gasteiger partial charge on any atom is -0.479 e. The van der Waals surface area contributed by atoms with Crippen LogP contribution in [0.3, 0.4) is 0 Å². The Balaban J connectivity index is 1.71. The molecule has 0 fully saturated rings. The molecule has 190 valence electrons. The van der Waals surface area contributed by atoms with E-state index in [0.717, 1.165) is 33.2 Å². The Morgan fingerprint density at radius 1 is 0.919 bits per heavy atom. The highest BCUT2D eigenvalue weighted by atomic mass is 16.4. The minimum atomic E-state index is -1.76. The largest absolute Gasteiger partial charge is 0.479 e. The number of nitrogens with one attached hydrogen (secondary N) is 1. The van der Waals surface area contributed by atoms with Gasteiger partial charge in [-0.05, 0) is 49.6 Å². The number of rotatable bonds is 10. The first-order valence-corrected chi connectivity index (χ1v) is 12.4. The van der Waals surface area contributed by atoms with E-state index in [-0.39, 0.29) is 25.0 Å². The summed E-state index contributed by atoms with van der Waals surface area (Å²) < 4.78 is 0. The number of aliphatic carboxylic acids is 1. The van der Waals surface area contributed by atoms with Crippen molar-refractivity contribution >= 4 is 28.6 Å². The molecule has 3 aromatic carbocycles. The lowest BCUT2D eigenvalue weighted by atomic mass is 9.82. The molecule has 1 amide bonds. The maximum absolute atomic E-state index is 13.7. The predicted molar refractivity (Wildman–Crippen MR) is 145 cm³/mol. The van der Waals surface area contributed by atoms with Gasteiger partial charge in [0.1, 0.15) is 5.78 Å². The standard InChI is InChI=1S/C31H32N2O4/c1-21-15-22(2)17-24(16-21)29(35)33(3)31(30(36)37,18-25-20-32-28-12-8-7-11-27(25)28)19-26(34)14-13-23-9-5-4-6-10-23/h4-12,15-17,20,32H,13-14,18-19H2,1-3H3,(H,36,37)/t31-/m1/s1. The lowest BCUT2D eigenvalue weighted by molar-refractivity contribution is -0.151. The highest BCUT2D eigenvalue weighted by molar-refractivity contribution is 6.00. The fourth-order valence-corrected chi connectivity index (χ4v) is 5.02. The van der Waals surface area contributed by atoms with Crippen molar-refractivity contribution in [3.8, 4) is 0 Å². The zero-order valence-electron chi connectivity index (χ0n) is 21.5. The van der Waals surface area contributed by atoms with Crippen molar-refractivity contribution in [1.82, 2.24) is 9.88 Å². The highest BCUT2D eigenvalue weighted by Gasteiger charge is 2.47. The van der Waals surface area contributed by atoms with Crippen molar-refractivity contribution in [3.63, 3.8) is 0 Å². The zero-order chi connectivity index (χ0) is 26.6. The summed E-state index contributed by atoms with van der Waals surface area (Å²) in [6, 6.07) is 22.7. The molecule has 0 saturated heterocycles. The molecule has 0 spiro atoms. The third kappa shape index (κ3) is 5.64. The number of amides is 1. The second-order valence-corrected chi connectivity index (χ2v) is 9.81. The molecule has 0 aliphatic heterocycles. The van der Waals surface area contributed by atoms with E-state index in [4.69, 9.17) is 0 Å². The van der Waals surface area contributed by atoms with Gasteiger partial charge in [-0.15, -0.1) is 0 Å². The summed E-state index contributed by atoms with van der Waals surface area (Å²) in [4.78, 5) is 44.5. The number of aromatic amines is 1. The van der Waals surface area contributed by atoms with Gasteiger partial charge in [-0.25, -0.2) is 4.79 Å². The van der Waals surface area contributed by atoms with Crippen molar-refractivity contribution in [1.29, 1.82) is 0 Å². The molecule has 1 heterocycles. The first-order valence-electron chi connectivity index (χ1n) is 12.4. The molecule has 4 aromatic rings. The van der Waals surface area contributed by atoms with Gasteiger partial charge in [0.25, 0.3) is 5.91 Å². The number of hydrogen-bond acceptors (Lipinski definition) is 3. The molecule has 37 heavy (non-hydrogen) atoms. The van der Waals surface area contributed by atoms with Crippen LogP contribution in [0.1, 0.15) is 45.5 Å². The van der Waals surface area contributed by atoms with Crippen LogP contribution in [0.4, 0.5) is 0 Å². The first-order chi connectivity index (χ1) is 17.7. The van der Waals surface area contributed by atoms with Gasteiger partial charge in [0.15, 0.2) is 5.54 Å². The molecule has 2 N–H and O–H groups in total. The smallest absolute Gasteiger partial charge is 0.330 e. The number of carbonyl (C=O) groups excluding carboxylic acids is 2. The molecule has 0 radical (unpaired) electrons. The van der Waals surface area contributed by atoms with Crippen LogP contribution in [0.2, 0.25) is 0 Å². The van der Waals surface area contributed by atoms with Crippen molar-refractivity contribution in [2.75, 3.05) is 7.05 Å². The summed E-state index contributed by atoms with van der Waals surface area (Å²) in [5.74, 6) is -1.83. The van der Waals surface area contributed by atoms with Crippen LogP contribution in [-0.4, -0.2) is 45.2 Å². The first kappa shape index (κ1) is 25.9. The SMILES string of the molecule is Cc1cc(C)cc(C(=O)N(C)[C@@](CC(=O)CCc2ccccc2)(Cc2c[nH]c3ccccc23)C(=O)O)c1. The third-order valence-electron chi connectivity index (χ3n) is 7.00. The summed E-state index contributed by atoms with van der Waals surface area (Å²) >= 11 is 0. The normalized spacial score (nSPS) is 12.7. The fourth-order valence-electron chi connectivity index (χ4n) is 5.02. The predicted octanol–water partition coefficient (Wildman–Crippen LogP) is 5.51. The maximum Gasteiger partial charge on any atom is 0.330 e. The summed E-state index contributed by atoms with van der Waals surface area (Å²) in [7, 11) is 1.49. The number of benzene rings is 3. The number of fused-ring (bicyclic) bond motifs is 1. The zero-order valence-corrected chi connectivity index (χ0v) is 21.5. The molecular formula is C31H32N2O4. The molecule has 0 aliphatic rings. The average molecular weight is 497 g/mol. The minimum absolute atomic E-state index is 0.00351. The van der Waals surface area contributed by atoms with E-state index in [2.05, 4.69) is 4.98 Å². The Labute approximate surface area is 216 Å². The molecule has 1 atom stereocenters. The maximum atomic E-state index is 13.7. The van der Waals surface area contributed by atoms with E-state index in [1.807, 2.05) is 74.5 Å². The second-order valence-electron chi connectivity index (χ2n) is 9.81. The van der Waals surface area contributed by atoms with Gasteiger partial charge in [-0.2, -0.15) is 0 Å². The van der Waals surface area contributed by atoms with Crippen molar-refractivity contribution in [2.24, 2.45) is 0 Å². The van der Waals surface area contributed by atoms with Gasteiger partial charge in [0.2, 0.25) is 0 Å². The highest BCUT2D eigenvalue weighted by Crippen LogP contribution is 2.31. The molecule has 0 bridgehead atoms. The van der Waals surface area contributed by atoms with Gasteiger partial charge in [0, 0.05) is 49.0 Å². The van der Waals surface area contributed by atoms with Gasteiger partial charge < -0.3 is 15.0 Å². The van der Waals surface area contributed by atoms with E-state index in [1.165, 1.54) is 11.9 Å². The molecular weight excluding hydrogens is 464 g/mol. The number of ketones is 1. The number of carboxylic acid groups (broad SMARTS) is 1. The van der Waals surface area contributed by atoms with Gasteiger partial charge >= 0.3 is 5.97 Å². The Hall–Kier alpha value is -4.19. The number of para-hydroxylation sites is 1. The number of carboxylic acids is 1. The second kappa shape index (κ2) is 10.8. The van der Waals surface area contributed by atoms with Crippen LogP contribution < -0.4 is 0 Å². The summed E-state index contributed by atoms with van der Waals surface area (Å²) in [5, 5.41) is 11.5. The molecule has 0 saturated carbocycles. The third-order valence-corrected chi connectivity index (χ3v) is 7.00. The van der Waals surface area contributed by atoms with E-state index < -0.39 is 17.4 Å². The van der Waals surface area contributed by atoms with Crippen LogP contribution in [0.15, 0.2) is 79.0 Å². The van der Waals surface area contributed by atoms with Crippen LogP contribution in [0, 0.1) is 13.8 Å². The average Bonchev–Trinajstić information content (AvgIpc) is 3.28. The summed E-state index contributed by atoms with van der Waals surface area (Å²) in [6.45, 7) is 3.79. The van der Waals surface area contributed by atoms with E-state index >= 15 is 0 Å². The summed E-state index contributed by atoms with van der Waals surface area (Å²) in [6.07, 6.45) is 2.18. The van der Waals surface area contributed by atoms with E-state index in [9.17, 15) is 19.5 Å². The molecule has 0 unspecified atom stereocenters. The number of Topliss-reactive ketones (excluding diaryl/α,β-unsaturated/α-hetero) is 1. The Morgan fingerprint density at radius 3 is 2.24 bits per heavy atom. The van der Waals surface area contributed by atoms with Crippen LogP contribution in [0.5, 0.6) is 0 Å². The van der Waals surface area contributed by atoms with E-state index in [0.29, 0.717) is 12.0 Å². The number of aromatic nitrogens is 1. The Kier molecular flexibility index (Phi) is 7.58. The number of likely N-dealkylation sites (N-methyl/N-ethyl adjacent to an activating group) is 1. The van der Waals surface area contributed by atoms with Crippen LogP contribution in [0.25, 0.3) is 10.9 Å². The number of hydrogen-bond donors (Lipinski definition) is 2. The van der Waals surface area contributed by atoms with Crippen LogP contribution in [-0.2, 0) is 22.4 Å². The number of aryl methyl sites for hydroxylation is 3. The summed E-state index contributed by atoms with van der Waals surface area (Å²) in [5.41, 5.74) is 3.09. The number of H-pyrrole nitrogens is 1. The number of carbonyl (C=O) groups is 3. The lowest BCUT2D eigenvalue weighted by Crippen LogP contribution is -2.58. The lowest BCUT2D eigenvalue weighted by Gasteiger charge is -2.38. The van der Waals surface area contributed by atoms with Crippen molar-refractivity contribution in [2.45, 2.75) is 45.1 Å². The fraction of sp³-hybridized carbons (Fsp3) is 0.258. The molecule has 1 aromatic heterocycles. The van der Waals surface area contributed by atoms with Gasteiger partial charge in [-0.3, -0.25) is 9.59 Å². The molecule has 0 aliphatic carbocycles. The molecule has 6 nitrogen and oxygen atoms in total. The molecule has 4 rings (SSSR count). The van der Waals surface area contributed by atoms with Crippen molar-refractivity contribution in [3.05, 3.63) is 107 Å². The van der Waals surface area contributed by atoms with E-state index in [1.54, 1.807) is 18.3 Å². The monoisotopic (exact) mass is 496 g/mol. The quantitative estimate of drug-likeness (QED) is 0.303. The Morgan fingerprint density at radius 2 is 1.57 bits per heavy atom.